The van der Waals surface area contributed by atoms with Gasteiger partial charge < -0.3 is 0 Å². The van der Waals surface area contributed by atoms with E-state index in [4.69, 9.17) is 0 Å². The molecule has 0 saturated heterocycles. The second-order valence-corrected chi connectivity index (χ2v) is 4.84. The molecular formula is C13H16F3N. The van der Waals surface area contributed by atoms with E-state index in [1.54, 1.807) is 6.07 Å². The van der Waals surface area contributed by atoms with Crippen LogP contribution in [-0.2, 0) is 6.18 Å². The van der Waals surface area contributed by atoms with Gasteiger partial charge in [0.05, 0.1) is 0 Å². The van der Waals surface area contributed by atoms with E-state index in [-0.39, 0.29) is 0 Å². The van der Waals surface area contributed by atoms with Crippen LogP contribution in [-0.4, -0.2) is 4.98 Å². The fourth-order valence-corrected chi connectivity index (χ4v) is 2.60. The van der Waals surface area contributed by atoms with Gasteiger partial charge in [-0.1, -0.05) is 32.3 Å². The van der Waals surface area contributed by atoms with Gasteiger partial charge in [-0.15, -0.1) is 0 Å². The smallest absolute Gasteiger partial charge is 0.251 e. The van der Waals surface area contributed by atoms with Crippen molar-refractivity contribution in [2.75, 3.05) is 0 Å². The fourth-order valence-electron chi connectivity index (χ4n) is 2.60. The SMILES string of the molecule is C[C@H]1CCCCC1c1ccc(C(F)(F)F)nc1. The van der Waals surface area contributed by atoms with Crippen LogP contribution in [0.5, 0.6) is 0 Å². The number of hydrogen-bond donors (Lipinski definition) is 0. The maximum Gasteiger partial charge on any atom is 0.433 e. The Morgan fingerprint density at radius 3 is 2.41 bits per heavy atom. The molecule has 94 valence electrons. The van der Waals surface area contributed by atoms with Crippen molar-refractivity contribution in [3.63, 3.8) is 0 Å². The summed E-state index contributed by atoms with van der Waals surface area (Å²) in [5, 5.41) is 0. The lowest BCUT2D eigenvalue weighted by molar-refractivity contribution is -0.141. The molecule has 1 aliphatic rings. The molecule has 0 radical (unpaired) electrons. The first-order chi connectivity index (χ1) is 7.98. The Morgan fingerprint density at radius 1 is 1.18 bits per heavy atom. The van der Waals surface area contributed by atoms with Crippen LogP contribution in [0.4, 0.5) is 13.2 Å². The zero-order valence-corrected chi connectivity index (χ0v) is 9.80. The normalized spacial score (nSPS) is 25.9. The third-order valence-corrected chi connectivity index (χ3v) is 3.62. The minimum absolute atomic E-state index is 0.374. The molecule has 1 unspecified atom stereocenters. The molecule has 17 heavy (non-hydrogen) atoms. The van der Waals surface area contributed by atoms with Crippen molar-refractivity contribution in [1.82, 2.24) is 4.98 Å². The van der Waals surface area contributed by atoms with Crippen molar-refractivity contribution >= 4 is 0 Å². The second-order valence-electron chi connectivity index (χ2n) is 4.84. The Kier molecular flexibility index (Phi) is 3.40. The zero-order chi connectivity index (χ0) is 12.5. The largest absolute Gasteiger partial charge is 0.433 e. The Bertz CT molecular complexity index is 369. The van der Waals surface area contributed by atoms with Crippen molar-refractivity contribution in [3.8, 4) is 0 Å². The summed E-state index contributed by atoms with van der Waals surface area (Å²) in [6.45, 7) is 2.17. The van der Waals surface area contributed by atoms with Gasteiger partial charge in [-0.25, -0.2) is 0 Å². The van der Waals surface area contributed by atoms with E-state index in [1.165, 1.54) is 12.6 Å². The van der Waals surface area contributed by atoms with Crippen molar-refractivity contribution in [1.29, 1.82) is 0 Å². The number of halogens is 3. The molecule has 4 heteroatoms. The quantitative estimate of drug-likeness (QED) is 0.712. The first-order valence-corrected chi connectivity index (χ1v) is 6.01. The number of hydrogen-bond acceptors (Lipinski definition) is 1. The van der Waals surface area contributed by atoms with Crippen LogP contribution in [0.15, 0.2) is 18.3 Å². The molecule has 0 spiro atoms. The lowest BCUT2D eigenvalue weighted by atomic mass is 9.77. The molecular weight excluding hydrogens is 227 g/mol. The molecule has 0 aromatic carbocycles. The van der Waals surface area contributed by atoms with Gasteiger partial charge in [0.25, 0.3) is 0 Å². The molecule has 0 N–H and O–H groups in total. The first-order valence-electron chi connectivity index (χ1n) is 6.01. The number of alkyl halides is 3. The predicted molar refractivity (Wildman–Crippen MR) is 59.6 cm³/mol. The zero-order valence-electron chi connectivity index (χ0n) is 9.80. The Balaban J connectivity index is 2.17. The van der Waals surface area contributed by atoms with E-state index < -0.39 is 11.9 Å². The molecule has 0 aliphatic heterocycles. The van der Waals surface area contributed by atoms with Crippen LogP contribution in [0.25, 0.3) is 0 Å². The molecule has 1 heterocycles. The topological polar surface area (TPSA) is 12.9 Å². The maximum atomic E-state index is 12.4. The highest BCUT2D eigenvalue weighted by molar-refractivity contribution is 5.20. The average molecular weight is 243 g/mol. The molecule has 2 rings (SSSR count). The highest BCUT2D eigenvalue weighted by Crippen LogP contribution is 2.37. The molecule has 2 atom stereocenters. The van der Waals surface area contributed by atoms with Crippen LogP contribution in [0.1, 0.15) is 49.8 Å². The number of aromatic nitrogens is 1. The Labute approximate surface area is 99.1 Å². The highest BCUT2D eigenvalue weighted by atomic mass is 19.4. The lowest BCUT2D eigenvalue weighted by Crippen LogP contribution is -2.16. The van der Waals surface area contributed by atoms with Gasteiger partial charge >= 0.3 is 6.18 Å². The minimum atomic E-state index is -4.34. The first kappa shape index (κ1) is 12.4. The lowest BCUT2D eigenvalue weighted by Gasteiger charge is -2.28. The molecule has 0 amide bonds. The van der Waals surface area contributed by atoms with Gasteiger partial charge in [0, 0.05) is 6.20 Å². The standard InChI is InChI=1S/C13H16F3N/c1-9-4-2-3-5-11(9)10-6-7-12(17-8-10)13(14,15)16/h6-9,11H,2-5H2,1H3/t9-,11?/m0/s1. The Hall–Kier alpha value is -1.06. The van der Waals surface area contributed by atoms with Gasteiger partial charge in [0.2, 0.25) is 0 Å². The molecule has 1 aromatic rings. The summed E-state index contributed by atoms with van der Waals surface area (Å²) in [5.74, 6) is 0.917. The average Bonchev–Trinajstić information content (AvgIpc) is 2.29. The van der Waals surface area contributed by atoms with E-state index in [2.05, 4.69) is 11.9 Å². The van der Waals surface area contributed by atoms with Crippen molar-refractivity contribution < 1.29 is 13.2 Å². The van der Waals surface area contributed by atoms with Crippen LogP contribution < -0.4 is 0 Å². The third-order valence-electron chi connectivity index (χ3n) is 3.62. The monoisotopic (exact) mass is 243 g/mol. The van der Waals surface area contributed by atoms with E-state index in [0.717, 1.165) is 30.9 Å². The van der Waals surface area contributed by atoms with Gasteiger partial charge in [0.15, 0.2) is 0 Å². The summed E-state index contributed by atoms with van der Waals surface area (Å²) in [7, 11) is 0. The summed E-state index contributed by atoms with van der Waals surface area (Å²) in [6.07, 6.45) is 1.67. The molecule has 0 bridgehead atoms. The summed E-state index contributed by atoms with van der Waals surface area (Å²) < 4.78 is 37.1. The predicted octanol–water partition coefficient (Wildman–Crippen LogP) is 4.39. The van der Waals surface area contributed by atoms with E-state index in [9.17, 15) is 13.2 Å². The summed E-state index contributed by atoms with van der Waals surface area (Å²) >= 11 is 0. The third kappa shape index (κ3) is 2.79. The van der Waals surface area contributed by atoms with Crippen molar-refractivity contribution in [2.24, 2.45) is 5.92 Å². The number of pyridine rings is 1. The van der Waals surface area contributed by atoms with Crippen LogP contribution >= 0.6 is 0 Å². The second kappa shape index (κ2) is 4.67. The summed E-state index contributed by atoms with van der Waals surface area (Å²) in [6, 6.07) is 2.68. The van der Waals surface area contributed by atoms with Crippen LogP contribution in [0.2, 0.25) is 0 Å². The van der Waals surface area contributed by atoms with E-state index in [0.29, 0.717) is 11.8 Å². The van der Waals surface area contributed by atoms with Gasteiger partial charge in [-0.3, -0.25) is 4.98 Å². The van der Waals surface area contributed by atoms with Crippen molar-refractivity contribution in [3.05, 3.63) is 29.6 Å². The molecule has 1 aliphatic carbocycles. The molecule has 1 aromatic heterocycles. The number of nitrogens with zero attached hydrogens (tertiary/aromatic N) is 1. The van der Waals surface area contributed by atoms with Gasteiger partial charge in [-0.2, -0.15) is 13.2 Å². The van der Waals surface area contributed by atoms with Crippen LogP contribution in [0, 0.1) is 5.92 Å². The van der Waals surface area contributed by atoms with Gasteiger partial charge in [0.1, 0.15) is 5.69 Å². The molecule has 1 nitrogen and oxygen atoms in total. The summed E-state index contributed by atoms with van der Waals surface area (Å²) in [5.41, 5.74) is 0.148. The summed E-state index contributed by atoms with van der Waals surface area (Å²) in [4.78, 5) is 3.53. The van der Waals surface area contributed by atoms with Crippen LogP contribution in [0.3, 0.4) is 0 Å². The van der Waals surface area contributed by atoms with Crippen molar-refractivity contribution in [2.45, 2.75) is 44.7 Å². The number of rotatable bonds is 1. The Morgan fingerprint density at radius 2 is 1.88 bits per heavy atom. The van der Waals surface area contributed by atoms with E-state index >= 15 is 0 Å². The fraction of sp³-hybridized carbons (Fsp3) is 0.615. The molecule has 1 saturated carbocycles. The maximum absolute atomic E-state index is 12.4. The van der Waals surface area contributed by atoms with Gasteiger partial charge in [-0.05, 0) is 29.9 Å². The van der Waals surface area contributed by atoms with E-state index in [1.807, 2.05) is 0 Å². The molecule has 1 fully saturated rings. The highest BCUT2D eigenvalue weighted by Gasteiger charge is 2.32. The minimum Gasteiger partial charge on any atom is -0.251 e.